The third kappa shape index (κ3) is 2.71. The molecule has 0 atom stereocenters. The molecule has 0 saturated heterocycles. The molecule has 0 aliphatic rings. The highest BCUT2D eigenvalue weighted by atomic mass is 16.4. The molecular weight excluding hydrogens is 192 g/mol. The molecule has 0 unspecified atom stereocenters. The molecule has 0 radical (unpaired) electrons. The maximum atomic E-state index is 10.9. The van der Waals surface area contributed by atoms with Gasteiger partial charge in [0.25, 0.3) is 0 Å². The van der Waals surface area contributed by atoms with Crippen LogP contribution in [-0.4, -0.2) is 21.6 Å². The van der Waals surface area contributed by atoms with Crippen molar-refractivity contribution < 1.29 is 9.90 Å². The molecule has 0 aliphatic heterocycles. The quantitative estimate of drug-likeness (QED) is 0.734. The molecule has 1 aromatic rings. The van der Waals surface area contributed by atoms with Crippen molar-refractivity contribution in [2.24, 2.45) is 0 Å². The summed E-state index contributed by atoms with van der Waals surface area (Å²) in [5.74, 6) is 1.52. The van der Waals surface area contributed by atoms with Crippen molar-refractivity contribution in [1.82, 2.24) is 4.98 Å². The van der Waals surface area contributed by atoms with E-state index < -0.39 is 11.5 Å². The molecule has 2 N–H and O–H groups in total. The highest BCUT2D eigenvalue weighted by Gasteiger charge is 2.17. The van der Waals surface area contributed by atoms with Crippen LogP contribution in [0.4, 0.5) is 5.69 Å². The van der Waals surface area contributed by atoms with Gasteiger partial charge in [-0.1, -0.05) is 5.92 Å². The number of terminal acetylenes is 1. The molecule has 1 rings (SSSR count). The van der Waals surface area contributed by atoms with Gasteiger partial charge in [-0.25, -0.2) is 4.79 Å². The van der Waals surface area contributed by atoms with Crippen molar-refractivity contribution in [3.05, 3.63) is 24.0 Å². The summed E-state index contributed by atoms with van der Waals surface area (Å²) >= 11 is 0. The van der Waals surface area contributed by atoms with Crippen LogP contribution in [0.3, 0.4) is 0 Å². The number of nitrogens with one attached hydrogen (secondary N) is 1. The molecule has 0 amide bonds. The monoisotopic (exact) mass is 204 g/mol. The highest BCUT2D eigenvalue weighted by Crippen LogP contribution is 2.18. The minimum absolute atomic E-state index is 0.160. The van der Waals surface area contributed by atoms with E-state index in [9.17, 15) is 4.79 Å². The first-order valence-corrected chi connectivity index (χ1v) is 4.39. The minimum Gasteiger partial charge on any atom is -0.478 e. The normalized spacial score (nSPS) is 10.5. The summed E-state index contributed by atoms with van der Waals surface area (Å²) in [5, 5.41) is 11.9. The topological polar surface area (TPSA) is 62.2 Å². The van der Waals surface area contributed by atoms with Crippen LogP contribution < -0.4 is 5.32 Å². The van der Waals surface area contributed by atoms with Crippen molar-refractivity contribution in [1.29, 1.82) is 0 Å². The van der Waals surface area contributed by atoms with E-state index in [-0.39, 0.29) is 5.56 Å². The predicted octanol–water partition coefficient (Wildman–Crippen LogP) is 1.60. The summed E-state index contributed by atoms with van der Waals surface area (Å²) in [6.45, 7) is 3.57. The number of nitrogens with zero attached hydrogens (tertiary/aromatic N) is 1. The van der Waals surface area contributed by atoms with E-state index in [2.05, 4.69) is 16.2 Å². The predicted molar refractivity (Wildman–Crippen MR) is 57.7 cm³/mol. The maximum Gasteiger partial charge on any atom is 0.337 e. The number of hydrogen-bond acceptors (Lipinski definition) is 3. The van der Waals surface area contributed by atoms with Crippen molar-refractivity contribution >= 4 is 11.7 Å². The second kappa shape index (κ2) is 4.01. The van der Waals surface area contributed by atoms with Gasteiger partial charge < -0.3 is 10.4 Å². The second-order valence-corrected chi connectivity index (χ2v) is 3.62. The second-order valence-electron chi connectivity index (χ2n) is 3.62. The van der Waals surface area contributed by atoms with Crippen LogP contribution in [0.1, 0.15) is 24.2 Å². The molecule has 1 aromatic heterocycles. The minimum atomic E-state index is -1.01. The Hall–Kier alpha value is -2.02. The number of carboxylic acids is 1. The highest BCUT2D eigenvalue weighted by molar-refractivity contribution is 5.94. The first-order chi connectivity index (χ1) is 6.96. The third-order valence-electron chi connectivity index (χ3n) is 1.86. The van der Waals surface area contributed by atoms with Crippen molar-refractivity contribution in [2.45, 2.75) is 19.4 Å². The van der Waals surface area contributed by atoms with Gasteiger partial charge in [0.15, 0.2) is 0 Å². The average molecular weight is 204 g/mol. The van der Waals surface area contributed by atoms with Gasteiger partial charge in [0, 0.05) is 6.20 Å². The largest absolute Gasteiger partial charge is 0.478 e. The lowest BCUT2D eigenvalue weighted by molar-refractivity contribution is 0.0698. The number of aromatic carboxylic acids is 1. The lowest BCUT2D eigenvalue weighted by Crippen LogP contribution is -2.29. The van der Waals surface area contributed by atoms with E-state index in [1.54, 1.807) is 13.8 Å². The van der Waals surface area contributed by atoms with E-state index in [1.807, 2.05) is 0 Å². The number of carboxylic acid groups (broad SMARTS) is 1. The number of carbonyl (C=O) groups is 1. The Morgan fingerprint density at radius 1 is 1.67 bits per heavy atom. The van der Waals surface area contributed by atoms with Gasteiger partial charge >= 0.3 is 5.97 Å². The van der Waals surface area contributed by atoms with Crippen molar-refractivity contribution in [3.8, 4) is 12.3 Å². The van der Waals surface area contributed by atoms with Gasteiger partial charge in [-0.15, -0.1) is 6.42 Å². The lowest BCUT2D eigenvalue weighted by atomic mass is 10.1. The Bertz CT molecular complexity index is 419. The summed E-state index contributed by atoms with van der Waals surface area (Å²) < 4.78 is 0. The molecule has 0 spiro atoms. The Morgan fingerprint density at radius 2 is 2.33 bits per heavy atom. The van der Waals surface area contributed by atoms with Crippen LogP contribution in [0.25, 0.3) is 0 Å². The number of anilines is 1. The molecule has 0 aromatic carbocycles. The zero-order chi connectivity index (χ0) is 11.5. The zero-order valence-electron chi connectivity index (χ0n) is 8.61. The fourth-order valence-corrected chi connectivity index (χ4v) is 1.05. The van der Waals surface area contributed by atoms with E-state index in [0.717, 1.165) is 0 Å². The third-order valence-corrected chi connectivity index (χ3v) is 1.86. The molecule has 78 valence electrons. The van der Waals surface area contributed by atoms with Crippen LogP contribution in [0, 0.1) is 12.3 Å². The molecule has 15 heavy (non-hydrogen) atoms. The van der Waals surface area contributed by atoms with Crippen LogP contribution in [-0.2, 0) is 0 Å². The molecule has 1 heterocycles. The van der Waals surface area contributed by atoms with Crippen molar-refractivity contribution in [3.63, 3.8) is 0 Å². The summed E-state index contributed by atoms with van der Waals surface area (Å²) in [5.41, 5.74) is -0.0194. The first-order valence-electron chi connectivity index (χ1n) is 4.39. The van der Waals surface area contributed by atoms with E-state index in [0.29, 0.717) is 5.69 Å². The van der Waals surface area contributed by atoms with Crippen LogP contribution >= 0.6 is 0 Å². The van der Waals surface area contributed by atoms with Gasteiger partial charge in [0.05, 0.1) is 23.0 Å². The van der Waals surface area contributed by atoms with Gasteiger partial charge in [-0.3, -0.25) is 4.98 Å². The zero-order valence-corrected chi connectivity index (χ0v) is 8.61. The van der Waals surface area contributed by atoms with Gasteiger partial charge in [-0.2, -0.15) is 0 Å². The Morgan fingerprint density at radius 3 is 2.87 bits per heavy atom. The van der Waals surface area contributed by atoms with Gasteiger partial charge in [0.2, 0.25) is 0 Å². The first kappa shape index (κ1) is 11.1. The summed E-state index contributed by atoms with van der Waals surface area (Å²) in [6.07, 6.45) is 8.18. The van der Waals surface area contributed by atoms with Crippen LogP contribution in [0.5, 0.6) is 0 Å². The van der Waals surface area contributed by atoms with Crippen molar-refractivity contribution in [2.75, 3.05) is 5.32 Å². The van der Waals surface area contributed by atoms with E-state index in [1.165, 1.54) is 18.5 Å². The number of hydrogen-bond donors (Lipinski definition) is 2. The fraction of sp³-hybridized carbons (Fsp3) is 0.273. The molecule has 0 bridgehead atoms. The molecule has 4 heteroatoms. The molecule has 0 fully saturated rings. The molecule has 0 saturated carbocycles. The lowest BCUT2D eigenvalue weighted by Gasteiger charge is -2.21. The van der Waals surface area contributed by atoms with Gasteiger partial charge in [-0.05, 0) is 19.9 Å². The summed E-state index contributed by atoms with van der Waals surface area (Å²) in [4.78, 5) is 14.7. The fourth-order valence-electron chi connectivity index (χ4n) is 1.05. The number of rotatable bonds is 3. The van der Waals surface area contributed by atoms with Gasteiger partial charge in [0.1, 0.15) is 0 Å². The summed E-state index contributed by atoms with van der Waals surface area (Å²) in [7, 11) is 0. The number of aromatic nitrogens is 1. The smallest absolute Gasteiger partial charge is 0.337 e. The number of pyridine rings is 1. The standard InChI is InChI=1S/C11H12N2O2/c1-4-11(2,3)13-9-7-12-6-5-8(9)10(14)15/h1,5-7,13H,2-3H3,(H,14,15). The van der Waals surface area contributed by atoms with Crippen LogP contribution in [0.15, 0.2) is 18.5 Å². The SMILES string of the molecule is C#CC(C)(C)Nc1cnccc1C(=O)O. The molecular formula is C11H12N2O2. The Kier molecular flexibility index (Phi) is 2.96. The Balaban J connectivity index is 3.06. The summed E-state index contributed by atoms with van der Waals surface area (Å²) in [6, 6.07) is 1.43. The van der Waals surface area contributed by atoms with E-state index in [4.69, 9.17) is 11.5 Å². The van der Waals surface area contributed by atoms with E-state index >= 15 is 0 Å². The Labute approximate surface area is 88.3 Å². The molecule has 0 aliphatic carbocycles. The van der Waals surface area contributed by atoms with Crippen LogP contribution in [0.2, 0.25) is 0 Å². The molecule has 4 nitrogen and oxygen atoms in total. The maximum absolute atomic E-state index is 10.9. The average Bonchev–Trinajstić information content (AvgIpc) is 2.18.